The Kier molecular flexibility index (Phi) is 4.03. The van der Waals surface area contributed by atoms with Crippen LogP contribution in [0.2, 0.25) is 0 Å². The van der Waals surface area contributed by atoms with Gasteiger partial charge in [-0.25, -0.2) is 4.79 Å². The maximum atomic E-state index is 12.1. The number of carbonyl (C=O) groups is 1. The number of aromatic nitrogens is 3. The van der Waals surface area contributed by atoms with Crippen molar-refractivity contribution in [3.63, 3.8) is 0 Å². The van der Waals surface area contributed by atoms with Crippen molar-refractivity contribution in [1.82, 2.24) is 15.1 Å². The summed E-state index contributed by atoms with van der Waals surface area (Å²) in [7, 11) is 0. The lowest BCUT2D eigenvalue weighted by Crippen LogP contribution is -2.35. The van der Waals surface area contributed by atoms with Gasteiger partial charge in [0.15, 0.2) is 0 Å². The first-order valence-corrected chi connectivity index (χ1v) is 8.00. The van der Waals surface area contributed by atoms with Gasteiger partial charge in [0.05, 0.1) is 5.69 Å². The third-order valence-corrected chi connectivity index (χ3v) is 4.01. The molecule has 128 valence electrons. The summed E-state index contributed by atoms with van der Waals surface area (Å²) in [6, 6.07) is 16.3. The largest absolute Gasteiger partial charge is 0.351 e. The molecule has 7 nitrogen and oxygen atoms in total. The molecule has 7 heteroatoms. The van der Waals surface area contributed by atoms with Crippen LogP contribution in [0.4, 0.5) is 10.5 Å². The molecule has 0 aliphatic heterocycles. The minimum atomic E-state index is -0.603. The number of amides is 2. The molecule has 26 heavy (non-hydrogen) atoms. The van der Waals surface area contributed by atoms with Crippen molar-refractivity contribution in [2.75, 3.05) is 4.90 Å². The van der Waals surface area contributed by atoms with Crippen LogP contribution in [0.15, 0.2) is 71.5 Å². The fourth-order valence-corrected chi connectivity index (χ4v) is 2.78. The maximum Gasteiger partial charge on any atom is 0.319 e. The zero-order valence-corrected chi connectivity index (χ0v) is 13.7. The fourth-order valence-electron chi connectivity index (χ4n) is 2.78. The number of primary amides is 1. The number of hydrogen-bond donors (Lipinski definition) is 1. The molecule has 0 fully saturated rings. The van der Waals surface area contributed by atoms with Crippen molar-refractivity contribution in [2.24, 2.45) is 5.73 Å². The summed E-state index contributed by atoms with van der Waals surface area (Å²) in [4.78, 5) is 21.9. The van der Waals surface area contributed by atoms with Gasteiger partial charge in [0, 0.05) is 28.7 Å². The van der Waals surface area contributed by atoms with Gasteiger partial charge in [-0.1, -0.05) is 47.6 Å². The first-order chi connectivity index (χ1) is 12.7. The van der Waals surface area contributed by atoms with E-state index in [9.17, 15) is 4.79 Å². The van der Waals surface area contributed by atoms with Crippen molar-refractivity contribution < 1.29 is 9.32 Å². The average Bonchev–Trinajstić information content (AvgIpc) is 3.15. The van der Waals surface area contributed by atoms with E-state index in [2.05, 4.69) is 15.1 Å². The average molecular weight is 345 g/mol. The Morgan fingerprint density at radius 1 is 1.08 bits per heavy atom. The van der Waals surface area contributed by atoms with Crippen molar-refractivity contribution in [2.45, 2.75) is 6.54 Å². The van der Waals surface area contributed by atoms with Crippen LogP contribution in [-0.4, -0.2) is 21.2 Å². The molecule has 0 unspecified atom stereocenters. The number of fused-ring (bicyclic) bond motifs is 1. The van der Waals surface area contributed by atoms with Gasteiger partial charge in [0.1, 0.15) is 6.54 Å². The second-order valence-electron chi connectivity index (χ2n) is 5.68. The number of anilines is 1. The van der Waals surface area contributed by atoms with Gasteiger partial charge >= 0.3 is 6.03 Å². The van der Waals surface area contributed by atoms with E-state index in [0.717, 1.165) is 16.3 Å². The summed E-state index contributed by atoms with van der Waals surface area (Å²) in [6.07, 6.45) is 3.41. The molecule has 0 saturated heterocycles. The molecule has 4 aromatic rings. The summed E-state index contributed by atoms with van der Waals surface area (Å²) in [5, 5.41) is 5.75. The Balaban J connectivity index is 1.68. The number of nitrogens with two attached hydrogens (primary N) is 1. The smallest absolute Gasteiger partial charge is 0.319 e. The molecule has 2 aromatic heterocycles. The highest BCUT2D eigenvalue weighted by atomic mass is 16.5. The van der Waals surface area contributed by atoms with Gasteiger partial charge in [-0.2, -0.15) is 4.98 Å². The van der Waals surface area contributed by atoms with E-state index >= 15 is 0 Å². The molecule has 2 amide bonds. The Bertz CT molecular complexity index is 1060. The van der Waals surface area contributed by atoms with Crippen LogP contribution >= 0.6 is 0 Å². The molecule has 0 atom stereocenters. The highest BCUT2D eigenvalue weighted by Crippen LogP contribution is 2.27. The first kappa shape index (κ1) is 15.8. The van der Waals surface area contributed by atoms with Crippen LogP contribution in [0.1, 0.15) is 5.89 Å². The predicted octanol–water partition coefficient (Wildman–Crippen LogP) is 3.37. The highest BCUT2D eigenvalue weighted by Gasteiger charge is 2.19. The van der Waals surface area contributed by atoms with E-state index in [1.165, 1.54) is 4.90 Å². The number of hydrogen-bond acceptors (Lipinski definition) is 5. The van der Waals surface area contributed by atoms with Crippen molar-refractivity contribution >= 4 is 22.5 Å². The van der Waals surface area contributed by atoms with Crippen LogP contribution in [0, 0.1) is 0 Å². The normalized spacial score (nSPS) is 10.8. The summed E-state index contributed by atoms with van der Waals surface area (Å²) >= 11 is 0. The summed E-state index contributed by atoms with van der Waals surface area (Å²) in [5.74, 6) is 0.765. The number of carbonyl (C=O) groups excluding carboxylic acids is 1. The van der Waals surface area contributed by atoms with Crippen molar-refractivity contribution in [1.29, 1.82) is 0 Å². The van der Waals surface area contributed by atoms with Crippen LogP contribution in [0.3, 0.4) is 0 Å². The molecule has 0 spiro atoms. The summed E-state index contributed by atoms with van der Waals surface area (Å²) in [5.41, 5.74) is 7.11. The Labute approximate surface area is 149 Å². The van der Waals surface area contributed by atoms with Gasteiger partial charge < -0.3 is 10.3 Å². The zero-order chi connectivity index (χ0) is 17.9. The van der Waals surface area contributed by atoms with Gasteiger partial charge in [0.25, 0.3) is 0 Å². The van der Waals surface area contributed by atoms with Gasteiger partial charge in [-0.3, -0.25) is 9.88 Å². The minimum Gasteiger partial charge on any atom is -0.351 e. The first-order valence-electron chi connectivity index (χ1n) is 8.00. The van der Waals surface area contributed by atoms with Gasteiger partial charge in [0.2, 0.25) is 11.7 Å². The maximum absolute atomic E-state index is 12.1. The second kappa shape index (κ2) is 6.64. The van der Waals surface area contributed by atoms with E-state index in [4.69, 9.17) is 10.3 Å². The van der Waals surface area contributed by atoms with Crippen molar-refractivity contribution in [3.05, 3.63) is 72.9 Å². The van der Waals surface area contributed by atoms with Crippen LogP contribution in [0.25, 0.3) is 22.2 Å². The molecule has 2 N–H and O–H groups in total. The number of rotatable bonds is 4. The standard InChI is InChI=1S/C19H15N5O2/c20-19(25)24(16-8-4-7-14-11-21-10-9-15(14)16)12-17-22-18(23-26-17)13-5-2-1-3-6-13/h1-11H,12H2,(H2,20,25). The van der Waals surface area contributed by atoms with Crippen LogP contribution < -0.4 is 10.6 Å². The molecule has 0 saturated carbocycles. The highest BCUT2D eigenvalue weighted by molar-refractivity contribution is 6.02. The van der Waals surface area contributed by atoms with Crippen molar-refractivity contribution in [3.8, 4) is 11.4 Å². The Morgan fingerprint density at radius 2 is 1.92 bits per heavy atom. The number of pyridine rings is 1. The number of urea groups is 1. The lowest BCUT2D eigenvalue weighted by Gasteiger charge is -2.20. The van der Waals surface area contributed by atoms with Crippen LogP contribution in [0.5, 0.6) is 0 Å². The molecule has 0 aliphatic rings. The van der Waals surface area contributed by atoms with Gasteiger partial charge in [-0.05, 0) is 12.1 Å². The third-order valence-electron chi connectivity index (χ3n) is 4.01. The fraction of sp³-hybridized carbons (Fsp3) is 0.0526. The van der Waals surface area contributed by atoms with E-state index in [1.807, 2.05) is 54.6 Å². The quantitative estimate of drug-likeness (QED) is 0.611. The molecular formula is C19H15N5O2. The van der Waals surface area contributed by atoms with E-state index < -0.39 is 6.03 Å². The van der Waals surface area contributed by atoms with E-state index in [-0.39, 0.29) is 6.54 Å². The second-order valence-corrected chi connectivity index (χ2v) is 5.68. The zero-order valence-electron chi connectivity index (χ0n) is 13.7. The molecule has 2 heterocycles. The van der Waals surface area contributed by atoms with Crippen LogP contribution in [-0.2, 0) is 6.54 Å². The topological polar surface area (TPSA) is 98.1 Å². The molecule has 0 aliphatic carbocycles. The van der Waals surface area contributed by atoms with E-state index in [1.54, 1.807) is 12.4 Å². The Morgan fingerprint density at radius 3 is 2.73 bits per heavy atom. The van der Waals surface area contributed by atoms with E-state index in [0.29, 0.717) is 17.4 Å². The number of benzene rings is 2. The third kappa shape index (κ3) is 2.98. The lowest BCUT2D eigenvalue weighted by atomic mass is 10.1. The number of nitrogens with zero attached hydrogens (tertiary/aromatic N) is 4. The predicted molar refractivity (Wildman–Crippen MR) is 97.2 cm³/mol. The minimum absolute atomic E-state index is 0.0800. The summed E-state index contributed by atoms with van der Waals surface area (Å²) in [6.45, 7) is 0.0800. The summed E-state index contributed by atoms with van der Waals surface area (Å²) < 4.78 is 5.31. The van der Waals surface area contributed by atoms with Gasteiger partial charge in [-0.15, -0.1) is 0 Å². The molecular weight excluding hydrogens is 330 g/mol. The SMILES string of the molecule is NC(=O)N(Cc1nc(-c2ccccc2)no1)c1cccc2cnccc12. The molecule has 2 aromatic carbocycles. The molecule has 0 bridgehead atoms. The monoisotopic (exact) mass is 345 g/mol. The Hall–Kier alpha value is -3.74. The molecule has 4 rings (SSSR count). The molecule has 0 radical (unpaired) electrons. The lowest BCUT2D eigenvalue weighted by molar-refractivity contribution is 0.252.